The Kier molecular flexibility index (Phi) is 6.92. The standard InChI is InChI=1S/C24H33N3O4/c1-17-20-9-8-18(25-24(30)27-12-6-3-7-13-27)14-22(20)31-23(29)21(17)15-19(28)16-26-10-4-2-5-11-26/h8-9,14,19,28H,2-7,10-13,15-16H2,1H3,(H,25,30). The minimum absolute atomic E-state index is 0.115. The van der Waals surface area contributed by atoms with Crippen molar-refractivity contribution in [1.82, 2.24) is 9.80 Å². The van der Waals surface area contributed by atoms with E-state index in [0.717, 1.165) is 50.0 Å². The van der Waals surface area contributed by atoms with Crippen LogP contribution in [0.25, 0.3) is 11.0 Å². The van der Waals surface area contributed by atoms with Crippen molar-refractivity contribution in [2.45, 2.75) is 58.0 Å². The highest BCUT2D eigenvalue weighted by atomic mass is 16.4. The number of aryl methyl sites for hydroxylation is 1. The van der Waals surface area contributed by atoms with Gasteiger partial charge in [-0.15, -0.1) is 0 Å². The van der Waals surface area contributed by atoms with Gasteiger partial charge in [0.15, 0.2) is 0 Å². The zero-order valence-electron chi connectivity index (χ0n) is 18.4. The van der Waals surface area contributed by atoms with E-state index in [4.69, 9.17) is 4.42 Å². The third-order valence-corrected chi connectivity index (χ3v) is 6.54. The van der Waals surface area contributed by atoms with Gasteiger partial charge in [0.1, 0.15) is 5.58 Å². The molecular weight excluding hydrogens is 394 g/mol. The number of fused-ring (bicyclic) bond motifs is 1. The van der Waals surface area contributed by atoms with E-state index in [1.165, 1.54) is 25.7 Å². The smallest absolute Gasteiger partial charge is 0.339 e. The van der Waals surface area contributed by atoms with Gasteiger partial charge in [-0.2, -0.15) is 0 Å². The third kappa shape index (κ3) is 5.28. The van der Waals surface area contributed by atoms with Crippen LogP contribution in [0.3, 0.4) is 0 Å². The van der Waals surface area contributed by atoms with Crippen LogP contribution in [0.5, 0.6) is 0 Å². The van der Waals surface area contributed by atoms with Crippen LogP contribution in [-0.4, -0.2) is 59.8 Å². The molecule has 0 aliphatic carbocycles. The Bertz CT molecular complexity index is 975. The summed E-state index contributed by atoms with van der Waals surface area (Å²) in [5, 5.41) is 14.3. The summed E-state index contributed by atoms with van der Waals surface area (Å²) in [6.07, 6.45) is 6.51. The number of carbonyl (C=O) groups excluding carboxylic acids is 1. The molecule has 1 unspecified atom stereocenters. The zero-order valence-corrected chi connectivity index (χ0v) is 18.4. The van der Waals surface area contributed by atoms with E-state index >= 15 is 0 Å². The number of hydrogen-bond acceptors (Lipinski definition) is 5. The molecule has 1 aromatic heterocycles. The first-order chi connectivity index (χ1) is 15.0. The third-order valence-electron chi connectivity index (χ3n) is 6.54. The molecule has 7 nitrogen and oxygen atoms in total. The first-order valence-electron chi connectivity index (χ1n) is 11.5. The molecule has 2 aromatic rings. The van der Waals surface area contributed by atoms with E-state index in [9.17, 15) is 14.7 Å². The number of likely N-dealkylation sites (tertiary alicyclic amines) is 2. The highest BCUT2D eigenvalue weighted by Crippen LogP contribution is 2.24. The molecule has 31 heavy (non-hydrogen) atoms. The first kappa shape index (κ1) is 21.8. The van der Waals surface area contributed by atoms with E-state index in [-0.39, 0.29) is 12.5 Å². The van der Waals surface area contributed by atoms with Gasteiger partial charge in [-0.1, -0.05) is 6.42 Å². The van der Waals surface area contributed by atoms with Crippen LogP contribution in [0.15, 0.2) is 27.4 Å². The van der Waals surface area contributed by atoms with Crippen LogP contribution in [0.2, 0.25) is 0 Å². The molecule has 0 bridgehead atoms. The summed E-state index contributed by atoms with van der Waals surface area (Å²) in [7, 11) is 0. The van der Waals surface area contributed by atoms with Crippen molar-refractivity contribution in [3.63, 3.8) is 0 Å². The fourth-order valence-corrected chi connectivity index (χ4v) is 4.75. The van der Waals surface area contributed by atoms with Gasteiger partial charge in [0.05, 0.1) is 6.10 Å². The summed E-state index contributed by atoms with van der Waals surface area (Å²) >= 11 is 0. The topological polar surface area (TPSA) is 86.0 Å². The number of carbonyl (C=O) groups is 1. The minimum atomic E-state index is -0.597. The van der Waals surface area contributed by atoms with Gasteiger partial charge in [-0.05, 0) is 69.8 Å². The summed E-state index contributed by atoms with van der Waals surface area (Å²) in [5.74, 6) is 0. The molecule has 4 rings (SSSR count). The van der Waals surface area contributed by atoms with Gasteiger partial charge in [0, 0.05) is 48.8 Å². The predicted octanol–water partition coefficient (Wildman–Crippen LogP) is 3.51. The number of hydrogen-bond donors (Lipinski definition) is 2. The quantitative estimate of drug-likeness (QED) is 0.713. The number of anilines is 1. The maximum absolute atomic E-state index is 12.7. The average Bonchev–Trinajstić information content (AvgIpc) is 2.78. The number of amides is 2. The Balaban J connectivity index is 1.48. The minimum Gasteiger partial charge on any atom is -0.422 e. The predicted molar refractivity (Wildman–Crippen MR) is 122 cm³/mol. The SMILES string of the molecule is Cc1c(CC(O)CN2CCCCC2)c(=O)oc2cc(NC(=O)N3CCCCC3)ccc12. The second-order valence-electron chi connectivity index (χ2n) is 8.90. The van der Waals surface area contributed by atoms with Gasteiger partial charge in [0.2, 0.25) is 0 Å². The van der Waals surface area contributed by atoms with Gasteiger partial charge in [-0.3, -0.25) is 0 Å². The fraction of sp³-hybridized carbons (Fsp3) is 0.583. The maximum atomic E-state index is 12.7. The second kappa shape index (κ2) is 9.83. The van der Waals surface area contributed by atoms with Gasteiger partial charge in [0.25, 0.3) is 0 Å². The second-order valence-corrected chi connectivity index (χ2v) is 8.90. The molecule has 3 heterocycles. The first-order valence-corrected chi connectivity index (χ1v) is 11.5. The number of aliphatic hydroxyl groups is 1. The summed E-state index contributed by atoms with van der Waals surface area (Å²) in [5.41, 5.74) is 2.01. The highest BCUT2D eigenvalue weighted by Gasteiger charge is 2.20. The van der Waals surface area contributed by atoms with Crippen LogP contribution in [0.1, 0.15) is 49.7 Å². The fourth-order valence-electron chi connectivity index (χ4n) is 4.75. The van der Waals surface area contributed by atoms with E-state index in [0.29, 0.717) is 23.4 Å². The van der Waals surface area contributed by atoms with Crippen molar-refractivity contribution < 1.29 is 14.3 Å². The number of piperidine rings is 2. The molecular formula is C24H33N3O4. The van der Waals surface area contributed by atoms with Gasteiger partial charge < -0.3 is 24.6 Å². The van der Waals surface area contributed by atoms with Crippen LogP contribution >= 0.6 is 0 Å². The molecule has 0 saturated carbocycles. The summed E-state index contributed by atoms with van der Waals surface area (Å²) < 4.78 is 5.59. The lowest BCUT2D eigenvalue weighted by molar-refractivity contribution is 0.101. The lowest BCUT2D eigenvalue weighted by atomic mass is 10.00. The molecule has 2 saturated heterocycles. The molecule has 168 valence electrons. The van der Waals surface area contributed by atoms with E-state index in [1.807, 2.05) is 24.0 Å². The number of β-amino-alcohol motifs (C(OH)–C–C–N with tert-alkyl or cyclic N) is 1. The lowest BCUT2D eigenvalue weighted by Gasteiger charge is -2.28. The normalized spacial score (nSPS) is 18.8. The summed E-state index contributed by atoms with van der Waals surface area (Å²) in [4.78, 5) is 29.2. The van der Waals surface area contributed by atoms with Crippen molar-refractivity contribution >= 4 is 22.7 Å². The number of urea groups is 1. The highest BCUT2D eigenvalue weighted by molar-refractivity contribution is 5.92. The summed E-state index contributed by atoms with van der Waals surface area (Å²) in [6, 6.07) is 5.31. The number of aliphatic hydroxyl groups excluding tert-OH is 1. The van der Waals surface area contributed by atoms with Crippen LogP contribution in [0, 0.1) is 6.92 Å². The van der Waals surface area contributed by atoms with Crippen LogP contribution < -0.4 is 10.9 Å². The lowest BCUT2D eigenvalue weighted by Crippen LogP contribution is -2.38. The van der Waals surface area contributed by atoms with Crippen molar-refractivity contribution in [1.29, 1.82) is 0 Å². The van der Waals surface area contributed by atoms with Crippen molar-refractivity contribution in [3.05, 3.63) is 39.7 Å². The molecule has 2 amide bonds. The number of rotatable bonds is 5. The van der Waals surface area contributed by atoms with E-state index in [1.54, 1.807) is 6.07 Å². The monoisotopic (exact) mass is 427 g/mol. The number of benzene rings is 1. The Hall–Kier alpha value is -2.38. The average molecular weight is 428 g/mol. The van der Waals surface area contributed by atoms with E-state index in [2.05, 4.69) is 10.2 Å². The molecule has 1 atom stereocenters. The molecule has 0 spiro atoms. The van der Waals surface area contributed by atoms with Gasteiger partial charge >= 0.3 is 11.7 Å². The summed E-state index contributed by atoms with van der Waals surface area (Å²) in [6.45, 7) is 6.04. The van der Waals surface area contributed by atoms with E-state index < -0.39 is 11.7 Å². The molecule has 1 aromatic carbocycles. The van der Waals surface area contributed by atoms with Crippen molar-refractivity contribution in [3.8, 4) is 0 Å². The number of nitrogens with one attached hydrogen (secondary N) is 1. The Morgan fingerprint density at radius 1 is 1.10 bits per heavy atom. The van der Waals surface area contributed by atoms with Crippen molar-refractivity contribution in [2.24, 2.45) is 0 Å². The molecule has 2 fully saturated rings. The number of nitrogens with zero attached hydrogens (tertiary/aromatic N) is 2. The Morgan fingerprint density at radius 3 is 2.48 bits per heavy atom. The largest absolute Gasteiger partial charge is 0.422 e. The van der Waals surface area contributed by atoms with Crippen LogP contribution in [-0.2, 0) is 6.42 Å². The van der Waals surface area contributed by atoms with Crippen molar-refractivity contribution in [2.75, 3.05) is 38.0 Å². The molecule has 0 radical (unpaired) electrons. The zero-order chi connectivity index (χ0) is 21.8. The molecule has 2 aliphatic heterocycles. The maximum Gasteiger partial charge on any atom is 0.339 e. The molecule has 2 aliphatic rings. The Morgan fingerprint density at radius 2 is 1.77 bits per heavy atom. The Labute approximate surface area is 183 Å². The molecule has 7 heteroatoms. The molecule has 2 N–H and O–H groups in total. The van der Waals surface area contributed by atoms with Gasteiger partial charge in [-0.25, -0.2) is 9.59 Å². The van der Waals surface area contributed by atoms with Crippen LogP contribution in [0.4, 0.5) is 10.5 Å².